The number of hydrogen-bond acceptors (Lipinski definition) is 5. The lowest BCUT2D eigenvalue weighted by atomic mass is 10.1. The maximum Gasteiger partial charge on any atom is 0.292 e. The van der Waals surface area contributed by atoms with Gasteiger partial charge in [-0.2, -0.15) is 5.26 Å². The average Bonchev–Trinajstić information content (AvgIpc) is 2.33. The number of carbonyl (C=O) groups is 1. The van der Waals surface area contributed by atoms with Gasteiger partial charge in [0.05, 0.1) is 23.1 Å². The van der Waals surface area contributed by atoms with Crippen LogP contribution in [0.1, 0.15) is 26.3 Å². The Morgan fingerprint density at radius 3 is 2.60 bits per heavy atom. The topological polar surface area (TPSA) is 108 Å². The van der Waals surface area contributed by atoms with Gasteiger partial charge < -0.3 is 10.6 Å². The number of hydrogen-bond donors (Lipinski definition) is 2. The summed E-state index contributed by atoms with van der Waals surface area (Å²) in [6.45, 7) is 5.41. The molecule has 7 heteroatoms. The van der Waals surface area contributed by atoms with Crippen molar-refractivity contribution in [2.24, 2.45) is 0 Å². The number of nitriles is 1. The molecular formula is C13H16N4O3. The molecule has 0 aliphatic carbocycles. The minimum Gasteiger partial charge on any atom is -0.371 e. The van der Waals surface area contributed by atoms with E-state index in [0.717, 1.165) is 0 Å². The fourth-order valence-electron chi connectivity index (χ4n) is 1.54. The van der Waals surface area contributed by atoms with E-state index in [9.17, 15) is 14.9 Å². The lowest BCUT2D eigenvalue weighted by Crippen LogP contribution is -2.43. The number of anilines is 1. The van der Waals surface area contributed by atoms with Gasteiger partial charge >= 0.3 is 0 Å². The van der Waals surface area contributed by atoms with Gasteiger partial charge in [-0.1, -0.05) is 0 Å². The largest absolute Gasteiger partial charge is 0.371 e. The Labute approximate surface area is 116 Å². The molecule has 2 N–H and O–H groups in total. The van der Waals surface area contributed by atoms with Crippen LogP contribution < -0.4 is 10.6 Å². The summed E-state index contributed by atoms with van der Waals surface area (Å²) in [6.07, 6.45) is 0. The van der Waals surface area contributed by atoms with Crippen molar-refractivity contribution in [2.75, 3.05) is 11.9 Å². The third-order valence-electron chi connectivity index (χ3n) is 2.28. The number of nitrogens with one attached hydrogen (secondary N) is 2. The highest BCUT2D eigenvalue weighted by Crippen LogP contribution is 2.24. The van der Waals surface area contributed by atoms with Crippen LogP contribution in [0.5, 0.6) is 0 Å². The number of benzene rings is 1. The van der Waals surface area contributed by atoms with Gasteiger partial charge in [0.15, 0.2) is 0 Å². The second-order valence-corrected chi connectivity index (χ2v) is 5.25. The molecule has 20 heavy (non-hydrogen) atoms. The van der Waals surface area contributed by atoms with E-state index >= 15 is 0 Å². The third kappa shape index (κ3) is 4.57. The minimum atomic E-state index is -0.564. The van der Waals surface area contributed by atoms with Crippen LogP contribution in [-0.2, 0) is 4.79 Å². The van der Waals surface area contributed by atoms with Crippen LogP contribution in [-0.4, -0.2) is 22.9 Å². The Bertz CT molecular complexity index is 570. The smallest absolute Gasteiger partial charge is 0.292 e. The standard InChI is InChI=1S/C13H16N4O3/c1-13(2,3)16-12(18)8-15-10-6-9(7-14)4-5-11(10)17(19)20/h4-6,15H,8H2,1-3H3,(H,16,18). The maximum atomic E-state index is 11.7. The Balaban J connectivity index is 2.84. The SMILES string of the molecule is CC(C)(C)NC(=O)CNc1cc(C#N)ccc1[N+](=O)[O-]. The fraction of sp³-hybridized carbons (Fsp3) is 0.385. The van der Waals surface area contributed by atoms with Crippen molar-refractivity contribution in [1.82, 2.24) is 5.32 Å². The lowest BCUT2D eigenvalue weighted by Gasteiger charge is -2.20. The maximum absolute atomic E-state index is 11.7. The lowest BCUT2D eigenvalue weighted by molar-refractivity contribution is -0.384. The average molecular weight is 276 g/mol. The molecule has 106 valence electrons. The van der Waals surface area contributed by atoms with Crippen LogP contribution in [0.15, 0.2) is 18.2 Å². The molecule has 0 heterocycles. The van der Waals surface area contributed by atoms with Crippen molar-refractivity contribution >= 4 is 17.3 Å². The van der Waals surface area contributed by atoms with Crippen molar-refractivity contribution in [3.05, 3.63) is 33.9 Å². The van der Waals surface area contributed by atoms with Crippen LogP contribution in [0, 0.1) is 21.4 Å². The van der Waals surface area contributed by atoms with Gasteiger partial charge in [0.1, 0.15) is 5.69 Å². The van der Waals surface area contributed by atoms with E-state index in [-0.39, 0.29) is 34.9 Å². The van der Waals surface area contributed by atoms with E-state index in [4.69, 9.17) is 5.26 Å². The molecule has 0 unspecified atom stereocenters. The van der Waals surface area contributed by atoms with Gasteiger partial charge in [0.2, 0.25) is 5.91 Å². The van der Waals surface area contributed by atoms with Crippen LogP contribution >= 0.6 is 0 Å². The summed E-state index contributed by atoms with van der Waals surface area (Å²) in [5.41, 5.74) is -0.112. The molecule has 0 bridgehead atoms. The molecule has 0 spiro atoms. The van der Waals surface area contributed by atoms with Crippen molar-refractivity contribution < 1.29 is 9.72 Å². The zero-order chi connectivity index (χ0) is 15.3. The molecule has 0 saturated carbocycles. The molecule has 1 rings (SSSR count). The molecule has 1 aromatic carbocycles. The van der Waals surface area contributed by atoms with Gasteiger partial charge in [0, 0.05) is 11.6 Å². The van der Waals surface area contributed by atoms with E-state index < -0.39 is 4.92 Å². The highest BCUT2D eigenvalue weighted by molar-refractivity contribution is 5.82. The first kappa shape index (κ1) is 15.4. The number of rotatable bonds is 4. The molecular weight excluding hydrogens is 260 g/mol. The first-order valence-corrected chi connectivity index (χ1v) is 5.96. The van der Waals surface area contributed by atoms with Gasteiger partial charge in [-0.05, 0) is 32.9 Å². The second-order valence-electron chi connectivity index (χ2n) is 5.25. The molecule has 0 saturated heterocycles. The summed E-state index contributed by atoms with van der Waals surface area (Å²) < 4.78 is 0. The van der Waals surface area contributed by atoms with Crippen LogP contribution in [0.25, 0.3) is 0 Å². The van der Waals surface area contributed by atoms with E-state index in [1.165, 1.54) is 18.2 Å². The normalized spacial score (nSPS) is 10.5. The zero-order valence-electron chi connectivity index (χ0n) is 11.6. The summed E-state index contributed by atoms with van der Waals surface area (Å²) >= 11 is 0. The van der Waals surface area contributed by atoms with Gasteiger partial charge in [-0.3, -0.25) is 14.9 Å². The highest BCUT2D eigenvalue weighted by atomic mass is 16.6. The van der Waals surface area contributed by atoms with Crippen LogP contribution in [0.3, 0.4) is 0 Å². The Morgan fingerprint density at radius 2 is 2.10 bits per heavy atom. The summed E-state index contributed by atoms with van der Waals surface area (Å²) in [5, 5.41) is 25.1. The monoisotopic (exact) mass is 276 g/mol. The zero-order valence-corrected chi connectivity index (χ0v) is 11.6. The molecule has 0 aromatic heterocycles. The Morgan fingerprint density at radius 1 is 1.45 bits per heavy atom. The molecule has 0 radical (unpaired) electrons. The number of nitro benzene ring substituents is 1. The number of nitrogens with zero attached hydrogens (tertiary/aromatic N) is 2. The van der Waals surface area contributed by atoms with Gasteiger partial charge in [0.25, 0.3) is 5.69 Å². The van der Waals surface area contributed by atoms with E-state index in [0.29, 0.717) is 0 Å². The Kier molecular flexibility index (Phi) is 4.64. The molecule has 0 aliphatic heterocycles. The molecule has 0 atom stereocenters. The molecule has 7 nitrogen and oxygen atoms in total. The van der Waals surface area contributed by atoms with Crippen LogP contribution in [0.4, 0.5) is 11.4 Å². The Hall–Kier alpha value is -2.62. The third-order valence-corrected chi connectivity index (χ3v) is 2.28. The number of carbonyl (C=O) groups excluding carboxylic acids is 1. The van der Waals surface area contributed by atoms with Gasteiger partial charge in [-0.25, -0.2) is 0 Å². The van der Waals surface area contributed by atoms with Crippen molar-refractivity contribution in [1.29, 1.82) is 5.26 Å². The first-order chi connectivity index (χ1) is 9.23. The van der Waals surface area contributed by atoms with E-state index in [2.05, 4.69) is 10.6 Å². The van der Waals surface area contributed by atoms with E-state index in [1.54, 1.807) is 0 Å². The first-order valence-electron chi connectivity index (χ1n) is 5.96. The van der Waals surface area contributed by atoms with Gasteiger partial charge in [-0.15, -0.1) is 0 Å². The number of amides is 1. The van der Waals surface area contributed by atoms with Crippen LogP contribution in [0.2, 0.25) is 0 Å². The minimum absolute atomic E-state index is 0.104. The molecule has 1 aromatic rings. The van der Waals surface area contributed by atoms with Crippen molar-refractivity contribution in [3.63, 3.8) is 0 Å². The van der Waals surface area contributed by atoms with E-state index in [1.807, 2.05) is 26.8 Å². The molecule has 0 fully saturated rings. The van der Waals surface area contributed by atoms with Crippen molar-refractivity contribution in [3.8, 4) is 6.07 Å². The second kappa shape index (κ2) is 6.02. The quantitative estimate of drug-likeness (QED) is 0.643. The summed E-state index contributed by atoms with van der Waals surface area (Å²) in [4.78, 5) is 22.0. The molecule has 1 amide bonds. The molecule has 0 aliphatic rings. The summed E-state index contributed by atoms with van der Waals surface area (Å²) in [5.74, 6) is -0.283. The highest BCUT2D eigenvalue weighted by Gasteiger charge is 2.17. The predicted molar refractivity (Wildman–Crippen MR) is 74.2 cm³/mol. The fourth-order valence-corrected chi connectivity index (χ4v) is 1.54. The summed E-state index contributed by atoms with van der Waals surface area (Å²) in [6, 6.07) is 5.84. The predicted octanol–water partition coefficient (Wildman–Crippen LogP) is 1.79. The summed E-state index contributed by atoms with van der Waals surface area (Å²) in [7, 11) is 0. The van der Waals surface area contributed by atoms with Crippen molar-refractivity contribution in [2.45, 2.75) is 26.3 Å². The number of nitro groups is 1.